The number of carbonyl (C=O) groups is 2. The predicted molar refractivity (Wildman–Crippen MR) is 86.7 cm³/mol. The van der Waals surface area contributed by atoms with Crippen molar-refractivity contribution in [1.82, 2.24) is 5.32 Å². The van der Waals surface area contributed by atoms with Crippen LogP contribution in [0.15, 0.2) is 30.3 Å². The van der Waals surface area contributed by atoms with Gasteiger partial charge >= 0.3 is 11.9 Å². The van der Waals surface area contributed by atoms with Crippen LogP contribution in [0.1, 0.15) is 45.7 Å². The number of hydrogen-bond donors (Lipinski definition) is 1. The van der Waals surface area contributed by atoms with Gasteiger partial charge in [-0.3, -0.25) is 14.9 Å². The van der Waals surface area contributed by atoms with Gasteiger partial charge in [0, 0.05) is 6.04 Å². The number of methoxy groups -OCH3 is 1. The Morgan fingerprint density at radius 2 is 1.83 bits per heavy atom. The van der Waals surface area contributed by atoms with Crippen molar-refractivity contribution in [2.75, 3.05) is 7.11 Å². The number of rotatable bonds is 3. The van der Waals surface area contributed by atoms with Gasteiger partial charge in [0.15, 0.2) is 0 Å². The molecule has 1 aliphatic heterocycles. The van der Waals surface area contributed by atoms with Crippen molar-refractivity contribution in [1.29, 1.82) is 0 Å². The molecule has 5 nitrogen and oxygen atoms in total. The SMILES string of the molecule is COC(=O)[C@@]1(C)CC(C(=O)OC(C)(C)C)[C@@H](c2ccccc2)N1. The van der Waals surface area contributed by atoms with Crippen LogP contribution in [-0.2, 0) is 19.1 Å². The van der Waals surface area contributed by atoms with Gasteiger partial charge in [-0.25, -0.2) is 0 Å². The smallest absolute Gasteiger partial charge is 0.325 e. The third-order valence-electron chi connectivity index (χ3n) is 4.01. The lowest BCUT2D eigenvalue weighted by molar-refractivity contribution is -0.160. The van der Waals surface area contributed by atoms with Crippen LogP contribution in [0.2, 0.25) is 0 Å². The average Bonchev–Trinajstić information content (AvgIpc) is 2.85. The van der Waals surface area contributed by atoms with Crippen molar-refractivity contribution in [3.63, 3.8) is 0 Å². The first kappa shape index (κ1) is 17.5. The topological polar surface area (TPSA) is 64.6 Å². The molecule has 126 valence electrons. The minimum absolute atomic E-state index is 0.282. The first-order valence-corrected chi connectivity index (χ1v) is 7.80. The zero-order valence-corrected chi connectivity index (χ0v) is 14.4. The third-order valence-corrected chi connectivity index (χ3v) is 4.01. The fourth-order valence-electron chi connectivity index (χ4n) is 3.00. The number of ether oxygens (including phenoxy) is 2. The Labute approximate surface area is 137 Å². The Morgan fingerprint density at radius 3 is 2.35 bits per heavy atom. The van der Waals surface area contributed by atoms with Crippen LogP contribution in [0.3, 0.4) is 0 Å². The fraction of sp³-hybridized carbons (Fsp3) is 0.556. The summed E-state index contributed by atoms with van der Waals surface area (Å²) in [5.41, 5.74) is -0.518. The summed E-state index contributed by atoms with van der Waals surface area (Å²) in [6.07, 6.45) is 0.341. The molecular formula is C18H25NO4. The van der Waals surface area contributed by atoms with Crippen LogP contribution >= 0.6 is 0 Å². The van der Waals surface area contributed by atoms with Crippen molar-refractivity contribution in [3.05, 3.63) is 35.9 Å². The van der Waals surface area contributed by atoms with E-state index in [-0.39, 0.29) is 18.0 Å². The molecule has 1 fully saturated rings. The van der Waals surface area contributed by atoms with Gasteiger partial charge in [-0.05, 0) is 39.7 Å². The van der Waals surface area contributed by atoms with Gasteiger partial charge in [-0.2, -0.15) is 0 Å². The molecular weight excluding hydrogens is 294 g/mol. The molecule has 0 aromatic heterocycles. The van der Waals surface area contributed by atoms with Crippen molar-refractivity contribution in [2.45, 2.75) is 51.3 Å². The third kappa shape index (κ3) is 3.91. The van der Waals surface area contributed by atoms with Crippen LogP contribution in [0.4, 0.5) is 0 Å². The van der Waals surface area contributed by atoms with E-state index in [0.717, 1.165) is 5.56 Å². The van der Waals surface area contributed by atoms with Gasteiger partial charge in [0.2, 0.25) is 0 Å². The highest BCUT2D eigenvalue weighted by Gasteiger charge is 2.51. The normalized spacial score (nSPS) is 27.5. The highest BCUT2D eigenvalue weighted by Crippen LogP contribution is 2.40. The molecule has 5 heteroatoms. The van der Waals surface area contributed by atoms with Crippen molar-refractivity contribution < 1.29 is 19.1 Å². The van der Waals surface area contributed by atoms with E-state index in [4.69, 9.17) is 9.47 Å². The molecule has 2 rings (SSSR count). The lowest BCUT2D eigenvalue weighted by Gasteiger charge is -2.25. The largest absolute Gasteiger partial charge is 0.468 e. The van der Waals surface area contributed by atoms with Crippen LogP contribution in [0, 0.1) is 5.92 Å². The van der Waals surface area contributed by atoms with Crippen LogP contribution in [0.25, 0.3) is 0 Å². The van der Waals surface area contributed by atoms with Gasteiger partial charge in [0.1, 0.15) is 11.1 Å². The van der Waals surface area contributed by atoms with Crippen LogP contribution in [-0.4, -0.2) is 30.2 Å². The Hall–Kier alpha value is -1.88. The van der Waals surface area contributed by atoms with Crippen LogP contribution < -0.4 is 5.32 Å². The lowest BCUT2D eigenvalue weighted by Crippen LogP contribution is -2.45. The maximum atomic E-state index is 12.6. The molecule has 1 aromatic carbocycles. The number of hydrogen-bond acceptors (Lipinski definition) is 5. The minimum Gasteiger partial charge on any atom is -0.468 e. The molecule has 1 aromatic rings. The Morgan fingerprint density at radius 1 is 1.22 bits per heavy atom. The van der Waals surface area contributed by atoms with Gasteiger partial charge in [-0.1, -0.05) is 30.3 Å². The predicted octanol–water partition coefficient (Wildman–Crippen LogP) is 2.61. The first-order valence-electron chi connectivity index (χ1n) is 7.80. The molecule has 0 bridgehead atoms. The summed E-state index contributed by atoms with van der Waals surface area (Å²) in [5.74, 6) is -1.11. The van der Waals surface area contributed by atoms with E-state index in [9.17, 15) is 9.59 Å². The molecule has 1 N–H and O–H groups in total. The molecule has 0 aliphatic carbocycles. The summed E-state index contributed by atoms with van der Waals surface area (Å²) in [6, 6.07) is 9.35. The molecule has 1 heterocycles. The van der Waals surface area contributed by atoms with Crippen LogP contribution in [0.5, 0.6) is 0 Å². The number of benzene rings is 1. The molecule has 1 unspecified atom stereocenters. The second kappa shape index (κ2) is 6.32. The van der Waals surface area contributed by atoms with E-state index in [1.165, 1.54) is 7.11 Å². The van der Waals surface area contributed by atoms with Crippen molar-refractivity contribution in [3.8, 4) is 0 Å². The highest BCUT2D eigenvalue weighted by atomic mass is 16.6. The summed E-state index contributed by atoms with van der Waals surface area (Å²) >= 11 is 0. The first-order chi connectivity index (χ1) is 10.7. The number of carbonyl (C=O) groups excluding carboxylic acids is 2. The second-order valence-electron chi connectivity index (χ2n) is 7.20. The zero-order chi connectivity index (χ0) is 17.3. The minimum atomic E-state index is -0.906. The summed E-state index contributed by atoms with van der Waals surface area (Å²) in [6.45, 7) is 7.28. The quantitative estimate of drug-likeness (QED) is 0.868. The van der Waals surface area contributed by atoms with E-state index >= 15 is 0 Å². The maximum absolute atomic E-state index is 12.6. The standard InChI is InChI=1S/C18H25NO4/c1-17(2,3)23-15(20)13-11-18(4,16(21)22-5)19-14(13)12-9-7-6-8-10-12/h6-10,13-14,19H,11H2,1-5H3/t13?,14-,18-/m1/s1. The van der Waals surface area contributed by atoms with E-state index in [0.29, 0.717) is 6.42 Å². The molecule has 0 radical (unpaired) electrons. The second-order valence-corrected chi connectivity index (χ2v) is 7.20. The monoisotopic (exact) mass is 319 g/mol. The number of nitrogens with one attached hydrogen (secondary N) is 1. The molecule has 23 heavy (non-hydrogen) atoms. The van der Waals surface area contributed by atoms with E-state index in [1.807, 2.05) is 51.1 Å². The van der Waals surface area contributed by atoms with Gasteiger partial charge in [0.25, 0.3) is 0 Å². The Kier molecular flexibility index (Phi) is 4.80. The summed E-state index contributed by atoms with van der Waals surface area (Å²) in [7, 11) is 1.35. The van der Waals surface area contributed by atoms with E-state index < -0.39 is 17.1 Å². The van der Waals surface area contributed by atoms with Crippen molar-refractivity contribution >= 4 is 11.9 Å². The summed E-state index contributed by atoms with van der Waals surface area (Å²) < 4.78 is 10.4. The average molecular weight is 319 g/mol. The van der Waals surface area contributed by atoms with E-state index in [2.05, 4.69) is 5.32 Å². The summed E-state index contributed by atoms with van der Waals surface area (Å²) in [5, 5.41) is 3.28. The summed E-state index contributed by atoms with van der Waals surface area (Å²) in [4.78, 5) is 24.8. The maximum Gasteiger partial charge on any atom is 0.325 e. The molecule has 0 saturated carbocycles. The Balaban J connectivity index is 2.32. The van der Waals surface area contributed by atoms with Gasteiger partial charge in [0.05, 0.1) is 13.0 Å². The number of esters is 2. The molecule has 3 atom stereocenters. The fourth-order valence-corrected chi connectivity index (χ4v) is 3.00. The highest BCUT2D eigenvalue weighted by molar-refractivity contribution is 5.84. The lowest BCUT2D eigenvalue weighted by atomic mass is 9.90. The zero-order valence-electron chi connectivity index (χ0n) is 14.4. The van der Waals surface area contributed by atoms with Gasteiger partial charge < -0.3 is 9.47 Å². The molecule has 0 amide bonds. The molecule has 0 spiro atoms. The molecule has 1 aliphatic rings. The van der Waals surface area contributed by atoms with E-state index in [1.54, 1.807) is 6.92 Å². The van der Waals surface area contributed by atoms with Crippen molar-refractivity contribution in [2.24, 2.45) is 5.92 Å². The van der Waals surface area contributed by atoms with Gasteiger partial charge in [-0.15, -0.1) is 0 Å². The molecule has 1 saturated heterocycles. The Bertz CT molecular complexity index is 578.